The molecular weight excluding hydrogens is 957 g/mol. The Morgan fingerprint density at radius 3 is 1.00 bits per heavy atom. The number of carbonyl (C=O) groups excluding carboxylic acids is 2. The highest BCUT2D eigenvalue weighted by Gasteiger charge is 2.45. The summed E-state index contributed by atoms with van der Waals surface area (Å²) in [5, 5.41) is 0. The molecule has 4 aromatic rings. The van der Waals surface area contributed by atoms with Gasteiger partial charge in [-0.25, -0.2) is 0 Å². The standard InChI is InChI=1S/C56H78N2O16/c1-57(23-19-37-33-45(65-7)53(69-11)55(71-13)49(37)39(57)27-35-29-41(61-3)51(67-9)42(30-35)62-4)21-15-25-73-47(59)17-18-48(60)74-26-16-22-58(2)24-20-38-34-46(66-8)54(70-12)56(72-14)50(38)40(58)28-36-31-43(63-5)52(68-10)44(32-36)64-6/h29-34,39-40H,15-28H2,1-14H3/q+2/t39-,40+,57-,58+. The summed E-state index contributed by atoms with van der Waals surface area (Å²) in [4.78, 5) is 26.2. The van der Waals surface area contributed by atoms with Gasteiger partial charge in [0.1, 0.15) is 12.1 Å². The van der Waals surface area contributed by atoms with Crippen molar-refractivity contribution >= 4 is 11.9 Å². The quantitative estimate of drug-likeness (QED) is 0.0324. The lowest BCUT2D eigenvalue weighted by Gasteiger charge is -2.46. The van der Waals surface area contributed by atoms with Crippen LogP contribution in [0.1, 0.15) is 71.1 Å². The van der Waals surface area contributed by atoms with Crippen LogP contribution in [0, 0.1) is 0 Å². The molecule has 0 fully saturated rings. The van der Waals surface area contributed by atoms with Gasteiger partial charge < -0.3 is 75.3 Å². The Morgan fingerprint density at radius 2 is 0.716 bits per heavy atom. The van der Waals surface area contributed by atoms with Crippen LogP contribution in [-0.4, -0.2) is 160 Å². The molecule has 0 saturated carbocycles. The molecular formula is C56H78N2O16+2. The summed E-state index contributed by atoms with van der Waals surface area (Å²) in [5.41, 5.74) is 6.22. The molecule has 4 aromatic carbocycles. The minimum absolute atomic E-state index is 0.0898. The predicted molar refractivity (Wildman–Crippen MR) is 277 cm³/mol. The number of hydrogen-bond acceptors (Lipinski definition) is 16. The number of hydrogen-bond donors (Lipinski definition) is 0. The van der Waals surface area contributed by atoms with Crippen LogP contribution in [0.5, 0.6) is 69.0 Å². The third-order valence-electron chi connectivity index (χ3n) is 14.9. The molecule has 406 valence electrons. The monoisotopic (exact) mass is 1030 g/mol. The van der Waals surface area contributed by atoms with Crippen molar-refractivity contribution < 1.29 is 84.9 Å². The van der Waals surface area contributed by atoms with Gasteiger partial charge in [-0.15, -0.1) is 0 Å². The van der Waals surface area contributed by atoms with Crippen LogP contribution in [0.25, 0.3) is 0 Å². The maximum absolute atomic E-state index is 13.1. The second kappa shape index (κ2) is 25.5. The molecule has 0 saturated heterocycles. The Balaban J connectivity index is 1.08. The van der Waals surface area contributed by atoms with Crippen molar-refractivity contribution in [2.45, 2.75) is 63.5 Å². The summed E-state index contributed by atoms with van der Waals surface area (Å²) in [7, 11) is 23.7. The maximum Gasteiger partial charge on any atom is 0.306 e. The number of nitrogens with zero attached hydrogens (tertiary/aromatic N) is 2. The molecule has 0 aromatic heterocycles. The number of rotatable bonds is 27. The first kappa shape index (κ1) is 56.6. The smallest absolute Gasteiger partial charge is 0.306 e. The van der Waals surface area contributed by atoms with Gasteiger partial charge in [0, 0.05) is 38.5 Å². The first-order valence-electron chi connectivity index (χ1n) is 24.9. The van der Waals surface area contributed by atoms with E-state index in [1.54, 1.807) is 85.3 Å². The summed E-state index contributed by atoms with van der Waals surface area (Å²) >= 11 is 0. The predicted octanol–water partition coefficient (Wildman–Crippen LogP) is 7.71. The Hall–Kier alpha value is -6.66. The van der Waals surface area contributed by atoms with Crippen molar-refractivity contribution in [3.05, 3.63) is 69.8 Å². The fourth-order valence-electron chi connectivity index (χ4n) is 11.0. The molecule has 2 aliphatic heterocycles. The first-order valence-corrected chi connectivity index (χ1v) is 24.9. The van der Waals surface area contributed by atoms with E-state index in [1.165, 1.54) is 0 Å². The lowest BCUT2D eigenvalue weighted by Crippen LogP contribution is -2.53. The first-order chi connectivity index (χ1) is 35.7. The number of likely N-dealkylation sites (N-methyl/N-ethyl adjacent to an activating group) is 2. The highest BCUT2D eigenvalue weighted by molar-refractivity contribution is 5.77. The lowest BCUT2D eigenvalue weighted by atomic mass is 9.85. The van der Waals surface area contributed by atoms with Gasteiger partial charge in [-0.1, -0.05) is 0 Å². The van der Waals surface area contributed by atoms with E-state index in [0.29, 0.717) is 117 Å². The summed E-state index contributed by atoms with van der Waals surface area (Å²) < 4.78 is 82.2. The molecule has 0 bridgehead atoms. The van der Waals surface area contributed by atoms with Gasteiger partial charge in [0.25, 0.3) is 0 Å². The normalized spacial score (nSPS) is 18.7. The van der Waals surface area contributed by atoms with Crippen LogP contribution in [0.4, 0.5) is 0 Å². The molecule has 0 radical (unpaired) electrons. The van der Waals surface area contributed by atoms with Crippen molar-refractivity contribution in [2.75, 3.05) is 139 Å². The Kier molecular flexibility index (Phi) is 19.5. The minimum atomic E-state index is -0.457. The van der Waals surface area contributed by atoms with E-state index in [2.05, 4.69) is 14.1 Å². The van der Waals surface area contributed by atoms with Crippen molar-refractivity contribution in [3.8, 4) is 69.0 Å². The van der Waals surface area contributed by atoms with Crippen LogP contribution >= 0.6 is 0 Å². The van der Waals surface area contributed by atoms with E-state index in [1.807, 2.05) is 36.4 Å². The lowest BCUT2D eigenvalue weighted by molar-refractivity contribution is -0.941. The number of carbonyl (C=O) groups is 2. The number of fused-ring (bicyclic) bond motifs is 2. The van der Waals surface area contributed by atoms with E-state index in [0.717, 1.165) is 59.3 Å². The summed E-state index contributed by atoms with van der Waals surface area (Å²) in [6.45, 7) is 3.35. The number of quaternary nitrogens is 2. The van der Waals surface area contributed by atoms with Crippen molar-refractivity contribution in [3.63, 3.8) is 0 Å². The van der Waals surface area contributed by atoms with Gasteiger partial charge in [-0.3, -0.25) is 9.59 Å². The van der Waals surface area contributed by atoms with Crippen LogP contribution < -0.4 is 56.8 Å². The van der Waals surface area contributed by atoms with E-state index < -0.39 is 11.9 Å². The largest absolute Gasteiger partial charge is 0.493 e. The summed E-state index contributed by atoms with van der Waals surface area (Å²) in [5.74, 6) is 5.85. The number of esters is 2. The zero-order valence-electron chi connectivity index (χ0n) is 45.9. The van der Waals surface area contributed by atoms with Gasteiger partial charge in [0.15, 0.2) is 46.0 Å². The Morgan fingerprint density at radius 1 is 0.419 bits per heavy atom. The van der Waals surface area contributed by atoms with Crippen molar-refractivity contribution in [2.24, 2.45) is 0 Å². The molecule has 0 N–H and O–H groups in total. The highest BCUT2D eigenvalue weighted by Crippen LogP contribution is 2.53. The van der Waals surface area contributed by atoms with Crippen LogP contribution in [0.15, 0.2) is 36.4 Å². The van der Waals surface area contributed by atoms with E-state index in [9.17, 15) is 9.59 Å². The Labute approximate surface area is 436 Å². The zero-order valence-corrected chi connectivity index (χ0v) is 45.9. The average Bonchev–Trinajstić information content (AvgIpc) is 3.42. The van der Waals surface area contributed by atoms with Crippen molar-refractivity contribution in [1.29, 1.82) is 0 Å². The van der Waals surface area contributed by atoms with Gasteiger partial charge >= 0.3 is 11.9 Å². The molecule has 18 heteroatoms. The molecule has 0 aliphatic carbocycles. The third-order valence-corrected chi connectivity index (χ3v) is 14.9. The molecule has 2 aliphatic rings. The minimum Gasteiger partial charge on any atom is -0.493 e. The fourth-order valence-corrected chi connectivity index (χ4v) is 11.0. The van der Waals surface area contributed by atoms with Crippen molar-refractivity contribution in [1.82, 2.24) is 0 Å². The van der Waals surface area contributed by atoms with Crippen LogP contribution in [0.3, 0.4) is 0 Å². The summed E-state index contributed by atoms with van der Waals surface area (Å²) in [6, 6.07) is 11.7. The molecule has 4 atom stereocenters. The van der Waals surface area contributed by atoms with Gasteiger partial charge in [0.2, 0.25) is 23.0 Å². The maximum atomic E-state index is 13.1. The molecule has 6 rings (SSSR count). The van der Waals surface area contributed by atoms with E-state index in [-0.39, 0.29) is 38.1 Å². The van der Waals surface area contributed by atoms with Gasteiger partial charge in [-0.2, -0.15) is 0 Å². The van der Waals surface area contributed by atoms with Gasteiger partial charge in [-0.05, 0) is 58.7 Å². The van der Waals surface area contributed by atoms with Crippen LogP contribution in [-0.2, 0) is 44.7 Å². The second-order valence-corrected chi connectivity index (χ2v) is 18.9. The van der Waals surface area contributed by atoms with E-state index in [4.69, 9.17) is 66.3 Å². The van der Waals surface area contributed by atoms with E-state index >= 15 is 0 Å². The molecule has 0 amide bonds. The second-order valence-electron chi connectivity index (χ2n) is 18.9. The molecule has 2 heterocycles. The molecule has 0 unspecified atom stereocenters. The van der Waals surface area contributed by atoms with Crippen LogP contribution in [0.2, 0.25) is 0 Å². The SMILES string of the molecule is COc1cc(C[C@@H]2c3c(cc(OC)c(OC)c3OC)CC[N@@+]2(C)CCCOC(=O)CCC(=O)OCCC[N@@+]2(C)CCc3cc(OC)c(OC)c(OC)c3[C@@H]2Cc2cc(OC)c(OC)c(OC)c2)cc(OC)c1OC. The molecule has 0 spiro atoms. The Bertz CT molecular complexity index is 2360. The zero-order chi connectivity index (χ0) is 53.7. The number of benzene rings is 4. The fraction of sp³-hybridized carbons (Fsp3) is 0.536. The average molecular weight is 1040 g/mol. The summed E-state index contributed by atoms with van der Waals surface area (Å²) in [6.07, 6.45) is 3.69. The van der Waals surface area contributed by atoms with Gasteiger partial charge in [0.05, 0.1) is 163 Å². The highest BCUT2D eigenvalue weighted by atomic mass is 16.6. The molecule has 74 heavy (non-hydrogen) atoms. The molecule has 18 nitrogen and oxygen atoms in total. The topological polar surface area (TPSA) is 163 Å². The number of ether oxygens (including phenoxy) is 14. The number of methoxy groups -OCH3 is 12. The third kappa shape index (κ3) is 12.0.